The molecule has 1 atom stereocenters. The van der Waals surface area contributed by atoms with E-state index >= 15 is 0 Å². The summed E-state index contributed by atoms with van der Waals surface area (Å²) in [4.78, 5) is 28.5. The van der Waals surface area contributed by atoms with E-state index < -0.39 is 23.3 Å². The van der Waals surface area contributed by atoms with Crippen LogP contribution in [0.1, 0.15) is 18.5 Å². The minimum Gasteiger partial charge on any atom is -0.350 e. The highest BCUT2D eigenvalue weighted by molar-refractivity contribution is 5.79. The van der Waals surface area contributed by atoms with Crippen LogP contribution < -0.4 is 10.9 Å². The van der Waals surface area contributed by atoms with E-state index in [4.69, 9.17) is 0 Å². The number of rotatable bonds is 5. The topological polar surface area (TPSA) is 76.9 Å². The lowest BCUT2D eigenvalue weighted by Gasteiger charge is -2.15. The molecule has 0 aliphatic carbocycles. The number of aromatic nitrogens is 3. The number of carbonyl (C=O) groups is 1. The van der Waals surface area contributed by atoms with Crippen LogP contribution in [0.5, 0.6) is 0 Å². The summed E-state index contributed by atoms with van der Waals surface area (Å²) in [6.07, 6.45) is 3.26. The van der Waals surface area contributed by atoms with E-state index in [9.17, 15) is 14.0 Å². The normalized spacial score (nSPS) is 11.8. The Morgan fingerprint density at radius 3 is 2.73 bits per heavy atom. The van der Waals surface area contributed by atoms with Crippen LogP contribution in [0.2, 0.25) is 0 Å². The van der Waals surface area contributed by atoms with E-state index in [1.54, 1.807) is 49.6 Å². The Balaban J connectivity index is 1.78. The third-order valence-corrected chi connectivity index (χ3v) is 3.94. The summed E-state index contributed by atoms with van der Waals surface area (Å²) in [6, 6.07) is 11.9. The zero-order valence-electron chi connectivity index (χ0n) is 14.1. The maximum atomic E-state index is 13.6. The number of nitrogens with one attached hydrogen (secondary N) is 1. The standard InChI is InChI=1S/C19H17FN4O2/c1-13(19(26)22-12-14-5-2-3-7-16(14)20)24-18(25)9-8-17(23-24)15-6-4-10-21-11-15/h2-11,13H,12H2,1H3,(H,22,26). The summed E-state index contributed by atoms with van der Waals surface area (Å²) < 4.78 is 14.8. The third kappa shape index (κ3) is 3.83. The Bertz CT molecular complexity index is 973. The van der Waals surface area contributed by atoms with Crippen molar-refractivity contribution >= 4 is 5.91 Å². The van der Waals surface area contributed by atoms with Gasteiger partial charge in [-0.3, -0.25) is 14.6 Å². The molecule has 3 rings (SSSR count). The van der Waals surface area contributed by atoms with E-state index in [-0.39, 0.29) is 6.54 Å². The molecule has 0 bridgehead atoms. The summed E-state index contributed by atoms with van der Waals surface area (Å²) in [7, 11) is 0. The fourth-order valence-electron chi connectivity index (χ4n) is 2.45. The van der Waals surface area contributed by atoms with Crippen molar-refractivity contribution in [1.29, 1.82) is 0 Å². The van der Waals surface area contributed by atoms with Crippen LogP contribution in [0.4, 0.5) is 4.39 Å². The monoisotopic (exact) mass is 352 g/mol. The predicted molar refractivity (Wildman–Crippen MR) is 94.7 cm³/mol. The lowest BCUT2D eigenvalue weighted by atomic mass is 10.2. The second-order valence-electron chi connectivity index (χ2n) is 5.73. The van der Waals surface area contributed by atoms with Crippen LogP contribution in [0, 0.1) is 5.82 Å². The van der Waals surface area contributed by atoms with Crippen molar-refractivity contribution in [2.24, 2.45) is 0 Å². The fourth-order valence-corrected chi connectivity index (χ4v) is 2.45. The Hall–Kier alpha value is -3.35. The minimum absolute atomic E-state index is 0.0346. The average molecular weight is 352 g/mol. The maximum Gasteiger partial charge on any atom is 0.267 e. The van der Waals surface area contributed by atoms with Gasteiger partial charge in [0.05, 0.1) is 5.69 Å². The Morgan fingerprint density at radius 1 is 1.19 bits per heavy atom. The molecule has 132 valence electrons. The van der Waals surface area contributed by atoms with Gasteiger partial charge in [-0.05, 0) is 31.2 Å². The Morgan fingerprint density at radius 2 is 2.00 bits per heavy atom. The molecule has 0 radical (unpaired) electrons. The fraction of sp³-hybridized carbons (Fsp3) is 0.158. The third-order valence-electron chi connectivity index (χ3n) is 3.94. The minimum atomic E-state index is -0.842. The second-order valence-corrected chi connectivity index (χ2v) is 5.73. The summed E-state index contributed by atoms with van der Waals surface area (Å²) in [5.41, 5.74) is 1.25. The molecule has 3 aromatic rings. The van der Waals surface area contributed by atoms with Crippen LogP contribution in [0.3, 0.4) is 0 Å². The van der Waals surface area contributed by atoms with Gasteiger partial charge in [0, 0.05) is 36.1 Å². The number of halogens is 1. The van der Waals surface area contributed by atoms with Crippen molar-refractivity contribution in [3.05, 3.63) is 82.7 Å². The first-order valence-corrected chi connectivity index (χ1v) is 8.07. The van der Waals surface area contributed by atoms with Crippen LogP contribution in [0.25, 0.3) is 11.3 Å². The molecule has 0 saturated heterocycles. The van der Waals surface area contributed by atoms with Gasteiger partial charge in [-0.15, -0.1) is 0 Å². The predicted octanol–water partition coefficient (Wildman–Crippen LogP) is 2.32. The largest absolute Gasteiger partial charge is 0.350 e. The summed E-state index contributed by atoms with van der Waals surface area (Å²) >= 11 is 0. The van der Waals surface area contributed by atoms with Crippen molar-refractivity contribution in [1.82, 2.24) is 20.1 Å². The molecule has 0 fully saturated rings. The second kappa shape index (κ2) is 7.69. The molecule has 0 aliphatic rings. The maximum absolute atomic E-state index is 13.6. The molecule has 0 aliphatic heterocycles. The zero-order chi connectivity index (χ0) is 18.5. The SMILES string of the molecule is CC(C(=O)NCc1ccccc1F)n1nc(-c2cccnc2)ccc1=O. The molecule has 7 heteroatoms. The van der Waals surface area contributed by atoms with Crippen molar-refractivity contribution < 1.29 is 9.18 Å². The molecule has 1 N–H and O–H groups in total. The van der Waals surface area contributed by atoms with Crippen molar-refractivity contribution in [2.45, 2.75) is 19.5 Å². The number of hydrogen-bond acceptors (Lipinski definition) is 4. The highest BCUT2D eigenvalue weighted by Gasteiger charge is 2.18. The average Bonchev–Trinajstić information content (AvgIpc) is 2.67. The summed E-state index contributed by atoms with van der Waals surface area (Å²) in [5.74, 6) is -0.819. The van der Waals surface area contributed by atoms with Crippen LogP contribution in [-0.4, -0.2) is 20.7 Å². The lowest BCUT2D eigenvalue weighted by Crippen LogP contribution is -2.36. The van der Waals surface area contributed by atoms with Crippen LogP contribution in [0.15, 0.2) is 65.7 Å². The summed E-state index contributed by atoms with van der Waals surface area (Å²) in [6.45, 7) is 1.60. The first-order chi connectivity index (χ1) is 12.6. The number of nitrogens with zero attached hydrogens (tertiary/aromatic N) is 3. The van der Waals surface area contributed by atoms with Crippen molar-refractivity contribution in [3.63, 3.8) is 0 Å². The number of hydrogen-bond donors (Lipinski definition) is 1. The van der Waals surface area contributed by atoms with Gasteiger partial charge in [-0.25, -0.2) is 9.07 Å². The smallest absolute Gasteiger partial charge is 0.267 e. The number of pyridine rings is 1. The number of carbonyl (C=O) groups excluding carboxylic acids is 1. The zero-order valence-corrected chi connectivity index (χ0v) is 14.1. The molecular formula is C19H17FN4O2. The van der Waals surface area contributed by atoms with Gasteiger partial charge in [0.25, 0.3) is 5.56 Å². The number of benzene rings is 1. The van der Waals surface area contributed by atoms with Gasteiger partial charge in [0.2, 0.25) is 5.91 Å². The van der Waals surface area contributed by atoms with E-state index in [1.807, 2.05) is 6.07 Å². The van der Waals surface area contributed by atoms with E-state index in [2.05, 4.69) is 15.4 Å². The van der Waals surface area contributed by atoms with Crippen molar-refractivity contribution in [2.75, 3.05) is 0 Å². The quantitative estimate of drug-likeness (QED) is 0.764. The van der Waals surface area contributed by atoms with E-state index in [0.29, 0.717) is 11.3 Å². The van der Waals surface area contributed by atoms with Crippen LogP contribution in [-0.2, 0) is 11.3 Å². The molecular weight excluding hydrogens is 335 g/mol. The molecule has 0 spiro atoms. The molecule has 1 amide bonds. The number of amides is 1. The first kappa shape index (κ1) is 17.5. The molecule has 1 aromatic carbocycles. The van der Waals surface area contributed by atoms with Crippen LogP contribution >= 0.6 is 0 Å². The molecule has 2 aromatic heterocycles. The first-order valence-electron chi connectivity index (χ1n) is 8.07. The Labute approximate surface area is 149 Å². The molecule has 6 nitrogen and oxygen atoms in total. The van der Waals surface area contributed by atoms with E-state index in [0.717, 1.165) is 10.2 Å². The Kier molecular flexibility index (Phi) is 5.17. The van der Waals surface area contributed by atoms with Gasteiger partial charge in [0.15, 0.2) is 0 Å². The van der Waals surface area contributed by atoms with Gasteiger partial charge in [-0.1, -0.05) is 18.2 Å². The molecule has 1 unspecified atom stereocenters. The van der Waals surface area contributed by atoms with E-state index in [1.165, 1.54) is 12.1 Å². The van der Waals surface area contributed by atoms with Gasteiger partial charge in [0.1, 0.15) is 11.9 Å². The highest BCUT2D eigenvalue weighted by Crippen LogP contribution is 2.14. The van der Waals surface area contributed by atoms with Crippen molar-refractivity contribution in [3.8, 4) is 11.3 Å². The molecule has 26 heavy (non-hydrogen) atoms. The molecule has 0 saturated carbocycles. The molecule has 2 heterocycles. The lowest BCUT2D eigenvalue weighted by molar-refractivity contribution is -0.124. The van der Waals surface area contributed by atoms with Gasteiger partial charge in [-0.2, -0.15) is 5.10 Å². The van der Waals surface area contributed by atoms with Gasteiger partial charge < -0.3 is 5.32 Å². The van der Waals surface area contributed by atoms with Gasteiger partial charge >= 0.3 is 0 Å². The summed E-state index contributed by atoms with van der Waals surface area (Å²) in [5, 5.41) is 6.90. The highest BCUT2D eigenvalue weighted by atomic mass is 19.1.